The Labute approximate surface area is 389 Å². The van der Waals surface area contributed by atoms with Crippen LogP contribution >= 0.6 is 0 Å². The summed E-state index contributed by atoms with van der Waals surface area (Å²) in [5.74, 6) is 0. The maximum atomic E-state index is 2.29. The maximum absolute atomic E-state index is 2.29. The monoisotopic (exact) mass is 840 g/mol. The first-order valence-corrected chi connectivity index (χ1v) is 22.6. The van der Waals surface area contributed by atoms with E-state index in [9.17, 15) is 0 Å². The fraction of sp³-hybridized carbons (Fsp3) is 0. The Morgan fingerprint density at radius 2 is 0.515 bits per heavy atom. The van der Waals surface area contributed by atoms with Gasteiger partial charge in [-0.1, -0.05) is 267 Å². The lowest BCUT2D eigenvalue weighted by Crippen LogP contribution is -1.89. The van der Waals surface area contributed by atoms with Gasteiger partial charge in [0.2, 0.25) is 0 Å². The second-order valence-electron chi connectivity index (χ2n) is 16.6. The van der Waals surface area contributed by atoms with Crippen LogP contribution in [0.2, 0.25) is 0 Å². The molecule has 0 nitrogen and oxygen atoms in total. The lowest BCUT2D eigenvalue weighted by atomic mass is 9.93. The van der Waals surface area contributed by atoms with Crippen molar-refractivity contribution < 1.29 is 0 Å². The van der Waals surface area contributed by atoms with Gasteiger partial charge in [-0.2, -0.15) is 0 Å². The van der Waals surface area contributed by atoms with Gasteiger partial charge in [0.05, 0.1) is 0 Å². The molecule has 10 rings (SSSR count). The molecule has 0 aromatic heterocycles. The average molecular weight is 841 g/mol. The molecular formula is C66H48. The first-order valence-electron chi connectivity index (χ1n) is 22.6. The molecule has 66 heavy (non-hydrogen) atoms. The molecule has 0 spiro atoms. The topological polar surface area (TPSA) is 0 Å². The number of hydrogen-bond acceptors (Lipinski definition) is 0. The quantitative estimate of drug-likeness (QED) is 0.108. The van der Waals surface area contributed by atoms with Crippen LogP contribution in [0.25, 0.3) is 80.6 Å². The molecule has 0 heterocycles. The summed E-state index contributed by atoms with van der Waals surface area (Å²) in [6, 6.07) is 91.1. The zero-order valence-electron chi connectivity index (χ0n) is 36.7. The van der Waals surface area contributed by atoms with Crippen molar-refractivity contribution in [2.75, 3.05) is 0 Å². The zero-order chi connectivity index (χ0) is 44.3. The van der Waals surface area contributed by atoms with Crippen molar-refractivity contribution in [3.8, 4) is 22.3 Å². The van der Waals surface area contributed by atoms with E-state index in [0.29, 0.717) is 0 Å². The molecule has 10 aromatic rings. The SMILES string of the molecule is C(=Cc1cc2ccccc2cc1C=Cc1ccc(C=C(c2ccccc2)c2ccc(-c3ccccc3)cc2)cc1)c1ccc(C=C(c2ccccc2)c2ccc(-c3ccccc3)cc2)cc1. The van der Waals surface area contributed by atoms with Gasteiger partial charge in [0, 0.05) is 0 Å². The molecule has 0 atom stereocenters. The van der Waals surface area contributed by atoms with Gasteiger partial charge >= 0.3 is 0 Å². The molecule has 0 unspecified atom stereocenters. The van der Waals surface area contributed by atoms with Crippen LogP contribution in [0.4, 0.5) is 0 Å². The summed E-state index contributed by atoms with van der Waals surface area (Å²) < 4.78 is 0. The lowest BCUT2D eigenvalue weighted by Gasteiger charge is -2.11. The molecule has 0 aliphatic carbocycles. The summed E-state index contributed by atoms with van der Waals surface area (Å²) in [6.07, 6.45) is 13.5. The minimum atomic E-state index is 1.15. The second kappa shape index (κ2) is 19.9. The minimum absolute atomic E-state index is 1.15. The van der Waals surface area contributed by atoms with Gasteiger partial charge in [-0.05, 0) is 124 Å². The van der Waals surface area contributed by atoms with E-state index in [1.807, 2.05) is 0 Å². The lowest BCUT2D eigenvalue weighted by molar-refractivity contribution is 1.54. The van der Waals surface area contributed by atoms with Crippen LogP contribution in [-0.2, 0) is 0 Å². The Bertz CT molecular complexity index is 3070. The van der Waals surface area contributed by atoms with Gasteiger partial charge < -0.3 is 0 Å². The molecule has 0 radical (unpaired) electrons. The van der Waals surface area contributed by atoms with E-state index < -0.39 is 0 Å². The molecule has 0 bridgehead atoms. The van der Waals surface area contributed by atoms with Crippen molar-refractivity contribution >= 4 is 58.4 Å². The predicted octanol–water partition coefficient (Wildman–Crippen LogP) is 17.7. The van der Waals surface area contributed by atoms with Crippen molar-refractivity contribution in [2.24, 2.45) is 0 Å². The Hall–Kier alpha value is -8.58. The summed E-state index contributed by atoms with van der Waals surface area (Å²) >= 11 is 0. The molecule has 0 saturated heterocycles. The molecule has 0 amide bonds. The third kappa shape index (κ3) is 9.95. The summed E-state index contributed by atoms with van der Waals surface area (Å²) in [4.78, 5) is 0. The molecule has 0 fully saturated rings. The molecule has 0 saturated carbocycles. The fourth-order valence-electron chi connectivity index (χ4n) is 8.52. The van der Waals surface area contributed by atoms with Crippen LogP contribution in [0.1, 0.15) is 55.6 Å². The first-order chi connectivity index (χ1) is 32.7. The van der Waals surface area contributed by atoms with Crippen molar-refractivity contribution in [1.82, 2.24) is 0 Å². The largest absolute Gasteiger partial charge is 0.0622 e. The van der Waals surface area contributed by atoms with Crippen LogP contribution in [0, 0.1) is 0 Å². The third-order valence-electron chi connectivity index (χ3n) is 12.1. The van der Waals surface area contributed by atoms with Crippen molar-refractivity contribution in [1.29, 1.82) is 0 Å². The van der Waals surface area contributed by atoms with Crippen LogP contribution in [-0.4, -0.2) is 0 Å². The van der Waals surface area contributed by atoms with Gasteiger partial charge in [0.15, 0.2) is 0 Å². The highest BCUT2D eigenvalue weighted by Crippen LogP contribution is 2.32. The Balaban J connectivity index is 0.894. The zero-order valence-corrected chi connectivity index (χ0v) is 36.7. The fourth-order valence-corrected chi connectivity index (χ4v) is 8.52. The number of benzene rings is 10. The predicted molar refractivity (Wildman–Crippen MR) is 285 cm³/mol. The second-order valence-corrected chi connectivity index (χ2v) is 16.6. The molecular weight excluding hydrogens is 793 g/mol. The van der Waals surface area contributed by atoms with E-state index in [4.69, 9.17) is 0 Å². The summed E-state index contributed by atoms with van der Waals surface area (Å²) in [5.41, 5.74) is 19.0. The summed E-state index contributed by atoms with van der Waals surface area (Å²) in [6.45, 7) is 0. The van der Waals surface area contributed by atoms with Gasteiger partial charge in [-0.25, -0.2) is 0 Å². The van der Waals surface area contributed by atoms with Crippen LogP contribution in [0.5, 0.6) is 0 Å². The van der Waals surface area contributed by atoms with Crippen LogP contribution < -0.4 is 0 Å². The van der Waals surface area contributed by atoms with E-state index in [0.717, 1.165) is 22.3 Å². The van der Waals surface area contributed by atoms with E-state index in [-0.39, 0.29) is 0 Å². The number of rotatable bonds is 12. The molecule has 0 aliphatic rings. The molecule has 10 aromatic carbocycles. The average Bonchev–Trinajstić information content (AvgIpc) is 3.40. The van der Waals surface area contributed by atoms with E-state index in [1.54, 1.807) is 0 Å². The number of fused-ring (bicyclic) bond motifs is 1. The van der Waals surface area contributed by atoms with Gasteiger partial charge in [-0.15, -0.1) is 0 Å². The Morgan fingerprint density at radius 1 is 0.227 bits per heavy atom. The first kappa shape index (κ1) is 41.4. The normalized spacial score (nSPS) is 12.0. The molecule has 0 aliphatic heterocycles. The van der Waals surface area contributed by atoms with Crippen molar-refractivity contribution in [3.05, 3.63) is 310 Å². The van der Waals surface area contributed by atoms with E-state index >= 15 is 0 Å². The highest BCUT2D eigenvalue weighted by atomic mass is 14.1. The van der Waals surface area contributed by atoms with Crippen LogP contribution in [0.3, 0.4) is 0 Å². The summed E-state index contributed by atoms with van der Waals surface area (Å²) in [5, 5.41) is 2.44. The standard InChI is InChI=1S/C66H48/c1-5-15-53(16-6-1)55-37-41-59(42-38-55)65(57-19-9-3-10-20-57)45-51-29-25-49(26-30-51)33-35-63-47-61-23-13-14-24-62(61)48-64(63)36-34-50-27-31-52(32-28-50)46-66(58-21-11-4-12-22-58)60-43-39-56(40-44-60)54-17-7-2-8-18-54/h1-48H. The van der Waals surface area contributed by atoms with E-state index in [2.05, 4.69) is 291 Å². The van der Waals surface area contributed by atoms with Crippen LogP contribution in [0.15, 0.2) is 255 Å². The highest BCUT2D eigenvalue weighted by molar-refractivity contribution is 5.94. The van der Waals surface area contributed by atoms with Gasteiger partial charge in [-0.3, -0.25) is 0 Å². The Morgan fingerprint density at radius 3 is 0.879 bits per heavy atom. The minimum Gasteiger partial charge on any atom is -0.0622 e. The summed E-state index contributed by atoms with van der Waals surface area (Å²) in [7, 11) is 0. The van der Waals surface area contributed by atoms with Gasteiger partial charge in [0.1, 0.15) is 0 Å². The molecule has 0 N–H and O–H groups in total. The Kier molecular flexibility index (Phi) is 12.5. The molecule has 0 heteroatoms. The maximum Gasteiger partial charge on any atom is -0.0105 e. The van der Waals surface area contributed by atoms with Crippen molar-refractivity contribution in [3.63, 3.8) is 0 Å². The van der Waals surface area contributed by atoms with Gasteiger partial charge in [0.25, 0.3) is 0 Å². The smallest absolute Gasteiger partial charge is 0.0105 e. The number of hydrogen-bond donors (Lipinski definition) is 0. The van der Waals surface area contributed by atoms with E-state index in [1.165, 1.54) is 77.6 Å². The molecule has 312 valence electrons. The third-order valence-corrected chi connectivity index (χ3v) is 12.1. The van der Waals surface area contributed by atoms with Crippen molar-refractivity contribution in [2.45, 2.75) is 0 Å². The highest BCUT2D eigenvalue weighted by Gasteiger charge is 2.09.